The third-order valence-electron chi connectivity index (χ3n) is 4.18. The van der Waals surface area contributed by atoms with E-state index in [0.29, 0.717) is 0 Å². The maximum Gasteiger partial charge on any atom is 0.159 e. The molecule has 1 fully saturated rings. The Bertz CT molecular complexity index is 655. The molecule has 6 heteroatoms. The molecule has 6 nitrogen and oxygen atoms in total. The van der Waals surface area contributed by atoms with Crippen molar-refractivity contribution in [3.05, 3.63) is 29.3 Å². The van der Waals surface area contributed by atoms with E-state index < -0.39 is 0 Å². The van der Waals surface area contributed by atoms with Crippen molar-refractivity contribution in [3.63, 3.8) is 0 Å². The van der Waals surface area contributed by atoms with Gasteiger partial charge in [0.1, 0.15) is 11.6 Å². The first kappa shape index (κ1) is 15.0. The molecule has 0 amide bonds. The molecule has 0 atom stereocenters. The molecule has 0 aromatic carbocycles. The van der Waals surface area contributed by atoms with Crippen LogP contribution in [0.1, 0.15) is 24.1 Å². The van der Waals surface area contributed by atoms with Gasteiger partial charge in [0.15, 0.2) is 5.82 Å². The Balaban J connectivity index is 1.89. The molecular formula is C16H24N6. The van der Waals surface area contributed by atoms with E-state index in [1.54, 1.807) is 0 Å². The van der Waals surface area contributed by atoms with Gasteiger partial charge in [-0.25, -0.2) is 14.6 Å². The van der Waals surface area contributed by atoms with Crippen LogP contribution in [0.25, 0.3) is 5.82 Å². The minimum absolute atomic E-state index is 0.790. The smallest absolute Gasteiger partial charge is 0.159 e. The highest BCUT2D eigenvalue weighted by molar-refractivity contribution is 5.45. The van der Waals surface area contributed by atoms with Crippen LogP contribution < -0.4 is 4.90 Å². The largest absolute Gasteiger partial charge is 0.354 e. The van der Waals surface area contributed by atoms with Crippen molar-refractivity contribution in [2.24, 2.45) is 0 Å². The lowest BCUT2D eigenvalue weighted by Gasteiger charge is -2.34. The van der Waals surface area contributed by atoms with Crippen LogP contribution >= 0.6 is 0 Å². The summed E-state index contributed by atoms with van der Waals surface area (Å²) in [6, 6.07) is 4.12. The fraction of sp³-hybridized carbons (Fsp3) is 0.562. The van der Waals surface area contributed by atoms with Gasteiger partial charge < -0.3 is 9.80 Å². The van der Waals surface area contributed by atoms with Crippen molar-refractivity contribution in [2.75, 3.05) is 37.6 Å². The van der Waals surface area contributed by atoms with Gasteiger partial charge >= 0.3 is 0 Å². The van der Waals surface area contributed by atoms with Gasteiger partial charge in [0.25, 0.3) is 0 Å². The summed E-state index contributed by atoms with van der Waals surface area (Å²) in [5.41, 5.74) is 2.10. The van der Waals surface area contributed by atoms with Crippen LogP contribution in [-0.2, 0) is 0 Å². The molecule has 0 unspecified atom stereocenters. The van der Waals surface area contributed by atoms with Gasteiger partial charge in [0.05, 0.1) is 5.69 Å². The number of piperazine rings is 1. The van der Waals surface area contributed by atoms with Crippen LogP contribution in [0.15, 0.2) is 12.1 Å². The van der Waals surface area contributed by atoms with E-state index in [0.717, 1.165) is 61.6 Å². The number of aryl methyl sites for hydroxylation is 3. The molecule has 0 bridgehead atoms. The Labute approximate surface area is 131 Å². The first-order chi connectivity index (χ1) is 10.6. The van der Waals surface area contributed by atoms with Crippen molar-refractivity contribution in [3.8, 4) is 5.82 Å². The molecule has 0 N–H and O–H groups in total. The summed E-state index contributed by atoms with van der Waals surface area (Å²) < 4.78 is 1.90. The third kappa shape index (κ3) is 2.97. The minimum atomic E-state index is 0.790. The molecule has 1 aliphatic heterocycles. The summed E-state index contributed by atoms with van der Waals surface area (Å²) in [4.78, 5) is 14.0. The average molecular weight is 300 g/mol. The molecule has 0 radical (unpaired) electrons. The summed E-state index contributed by atoms with van der Waals surface area (Å²) in [6.45, 7) is 13.5. The van der Waals surface area contributed by atoms with Crippen molar-refractivity contribution in [2.45, 2.75) is 27.7 Å². The average Bonchev–Trinajstić information content (AvgIpc) is 2.85. The molecule has 3 heterocycles. The lowest BCUT2D eigenvalue weighted by molar-refractivity contribution is 0.270. The Morgan fingerprint density at radius 3 is 2.23 bits per heavy atom. The predicted molar refractivity (Wildman–Crippen MR) is 87.7 cm³/mol. The van der Waals surface area contributed by atoms with Crippen molar-refractivity contribution in [1.82, 2.24) is 24.6 Å². The molecule has 2 aromatic rings. The summed E-state index contributed by atoms with van der Waals surface area (Å²) >= 11 is 0. The Morgan fingerprint density at radius 1 is 0.955 bits per heavy atom. The van der Waals surface area contributed by atoms with E-state index in [2.05, 4.69) is 44.8 Å². The third-order valence-corrected chi connectivity index (χ3v) is 4.18. The first-order valence-electron chi connectivity index (χ1n) is 7.93. The summed E-state index contributed by atoms with van der Waals surface area (Å²) in [6.07, 6.45) is 0. The Kier molecular flexibility index (Phi) is 4.11. The van der Waals surface area contributed by atoms with Crippen LogP contribution in [0.4, 0.5) is 5.82 Å². The van der Waals surface area contributed by atoms with E-state index >= 15 is 0 Å². The van der Waals surface area contributed by atoms with Gasteiger partial charge in [-0.05, 0) is 33.4 Å². The van der Waals surface area contributed by atoms with Crippen molar-refractivity contribution >= 4 is 5.82 Å². The maximum atomic E-state index is 4.63. The highest BCUT2D eigenvalue weighted by atomic mass is 15.3. The highest BCUT2D eigenvalue weighted by Crippen LogP contribution is 2.18. The molecular weight excluding hydrogens is 276 g/mol. The summed E-state index contributed by atoms with van der Waals surface area (Å²) in [5, 5.41) is 4.53. The second kappa shape index (κ2) is 6.04. The predicted octanol–water partition coefficient (Wildman–Crippen LogP) is 1.73. The van der Waals surface area contributed by atoms with Crippen molar-refractivity contribution in [1.29, 1.82) is 0 Å². The second-order valence-electron chi connectivity index (χ2n) is 5.89. The van der Waals surface area contributed by atoms with E-state index in [1.807, 2.05) is 24.6 Å². The highest BCUT2D eigenvalue weighted by Gasteiger charge is 2.18. The Morgan fingerprint density at radius 2 is 1.64 bits per heavy atom. The zero-order chi connectivity index (χ0) is 15.7. The van der Waals surface area contributed by atoms with Crippen LogP contribution in [0.3, 0.4) is 0 Å². The number of nitrogens with zero attached hydrogens (tertiary/aromatic N) is 6. The van der Waals surface area contributed by atoms with E-state index in [1.165, 1.54) is 0 Å². The minimum Gasteiger partial charge on any atom is -0.354 e. The summed E-state index contributed by atoms with van der Waals surface area (Å²) in [5.74, 6) is 2.65. The standard InChI is InChI=1S/C16H24N6/c1-5-20-6-8-21(9-7-20)15-11-16(18-14(4)17-15)22-13(3)10-12(2)19-22/h10-11H,5-9H2,1-4H3. The zero-order valence-electron chi connectivity index (χ0n) is 13.9. The second-order valence-corrected chi connectivity index (χ2v) is 5.89. The van der Waals surface area contributed by atoms with Gasteiger partial charge in [-0.15, -0.1) is 0 Å². The number of anilines is 1. The van der Waals surface area contributed by atoms with Gasteiger partial charge in [0, 0.05) is 37.9 Å². The number of hydrogen-bond acceptors (Lipinski definition) is 5. The molecule has 0 saturated carbocycles. The molecule has 2 aromatic heterocycles. The van der Waals surface area contributed by atoms with Gasteiger partial charge in [-0.3, -0.25) is 0 Å². The molecule has 3 rings (SSSR count). The van der Waals surface area contributed by atoms with E-state index in [-0.39, 0.29) is 0 Å². The molecule has 118 valence electrons. The van der Waals surface area contributed by atoms with Gasteiger partial charge in [-0.2, -0.15) is 5.10 Å². The molecule has 22 heavy (non-hydrogen) atoms. The van der Waals surface area contributed by atoms with Crippen molar-refractivity contribution < 1.29 is 0 Å². The molecule has 1 aliphatic rings. The lowest BCUT2D eigenvalue weighted by Crippen LogP contribution is -2.46. The van der Waals surface area contributed by atoms with E-state index in [4.69, 9.17) is 0 Å². The summed E-state index contributed by atoms with van der Waals surface area (Å²) in [7, 11) is 0. The molecule has 0 aliphatic carbocycles. The zero-order valence-corrected chi connectivity index (χ0v) is 13.9. The Hall–Kier alpha value is -1.95. The monoisotopic (exact) mass is 300 g/mol. The van der Waals surface area contributed by atoms with Crippen LogP contribution in [0.2, 0.25) is 0 Å². The number of aromatic nitrogens is 4. The normalized spacial score (nSPS) is 16.3. The van der Waals surface area contributed by atoms with Gasteiger partial charge in [-0.1, -0.05) is 6.92 Å². The lowest BCUT2D eigenvalue weighted by atomic mass is 10.3. The molecule has 0 spiro atoms. The van der Waals surface area contributed by atoms with Crippen LogP contribution in [0.5, 0.6) is 0 Å². The maximum absolute atomic E-state index is 4.63. The number of rotatable bonds is 3. The number of likely N-dealkylation sites (N-methyl/N-ethyl adjacent to an activating group) is 1. The topological polar surface area (TPSA) is 50.1 Å². The quantitative estimate of drug-likeness (QED) is 0.864. The molecule has 1 saturated heterocycles. The fourth-order valence-electron chi connectivity index (χ4n) is 2.96. The first-order valence-corrected chi connectivity index (χ1v) is 7.93. The SMILES string of the molecule is CCN1CCN(c2cc(-n3nc(C)cc3C)nc(C)n2)CC1. The van der Waals surface area contributed by atoms with Gasteiger partial charge in [0.2, 0.25) is 0 Å². The fourth-order valence-corrected chi connectivity index (χ4v) is 2.96. The number of hydrogen-bond donors (Lipinski definition) is 0. The van der Waals surface area contributed by atoms with E-state index in [9.17, 15) is 0 Å². The van der Waals surface area contributed by atoms with Crippen LogP contribution in [-0.4, -0.2) is 57.4 Å². The van der Waals surface area contributed by atoms with Crippen LogP contribution in [0, 0.1) is 20.8 Å².